The summed E-state index contributed by atoms with van der Waals surface area (Å²) in [5, 5.41) is 318. The van der Waals surface area contributed by atoms with Gasteiger partial charge in [-0.05, 0) is 0 Å². The van der Waals surface area contributed by atoms with Crippen LogP contribution in [0.5, 0.6) is 0 Å². The fourth-order valence-corrected chi connectivity index (χ4v) is 16.2. The fourth-order valence-electron chi connectivity index (χ4n) is 16.2. The highest BCUT2D eigenvalue weighted by Crippen LogP contribution is 2.41. The molecule has 57 nitrogen and oxygen atoms in total. The smallest absolute Gasteiger partial charge is 0.217 e. The lowest BCUT2D eigenvalue weighted by Crippen LogP contribution is -2.71. The topological polar surface area (TPSA) is 887 Å². The standard InChI is InChI=1S/C72H122N6O51/c1-18(88)73-24(7-79)40(95)57(25(94)8-80)123-67-38(77-22(5)92)50(105)59(31(14-86)118-67)126-70-56(111)61(127-72-63(129-66-37(76-21(4)91)49(104)43(98)28(11-83)116-66)55(110)60(32(15-87)120-72)124-65-36(75-20(3)90)48(103)42(97)27(10-82)115-65)46(101)34(121-70)17-113-71-62(53(108)45(100)33(122-71)16-112-64-35(74-19(2)89)47(102)41(96)26(9-81)114-64)128-68-39(78-23(6)93)51(106)58(30(13-85)119-68)125-69-54(109)52(107)44(99)29(12-84)117-69/h24-72,79-87,94-111H,7-17H2,1-6H3,(H,73,88)(H,74,89)(H,75,90)(H,76,91)(H,77,92)(H,78,93)/t24-,25+,26+,27+,28+,29+,30+,31+,32+,33+,34+,35+,36+,37+,38+,39+,40+,41+,42+,43+,44-,45+,46+,47+,48+,49+,50+,51+,52-,53-,54+,55-,56-,57+,58+,59+,60+,61-,62-,63-,64+,65-,66-,67-,68-,69-,70-,71-,72+/m0/s1. The van der Waals surface area contributed by atoms with E-state index in [0.717, 1.165) is 41.5 Å². The van der Waals surface area contributed by atoms with Crippen LogP contribution >= 0.6 is 0 Å². The number of hydrogen-bond acceptors (Lipinski definition) is 51. The normalized spacial score (nSPS) is 45.0. The van der Waals surface area contributed by atoms with Gasteiger partial charge in [-0.25, -0.2) is 0 Å². The summed E-state index contributed by atoms with van der Waals surface area (Å²) in [6.45, 7) is -7.11. The van der Waals surface area contributed by atoms with Gasteiger partial charge in [0.25, 0.3) is 0 Å². The number of amides is 6. The molecule has 0 aromatic heterocycles. The summed E-state index contributed by atoms with van der Waals surface area (Å²) < 4.78 is 109. The predicted molar refractivity (Wildman–Crippen MR) is 401 cm³/mol. The molecular formula is C72H122N6O51. The van der Waals surface area contributed by atoms with Crippen molar-refractivity contribution in [2.45, 2.75) is 342 Å². The second kappa shape index (κ2) is 48.2. The number of hydrogen-bond donors (Lipinski definition) is 33. The molecule has 9 aliphatic rings. The van der Waals surface area contributed by atoms with Crippen molar-refractivity contribution in [2.75, 3.05) is 72.7 Å². The first-order valence-electron chi connectivity index (χ1n) is 41.0. The molecule has 746 valence electrons. The lowest BCUT2D eigenvalue weighted by Gasteiger charge is -2.51. The zero-order chi connectivity index (χ0) is 95.5. The van der Waals surface area contributed by atoms with Gasteiger partial charge in [0.05, 0.1) is 78.7 Å². The Balaban J connectivity index is 1.15. The maximum Gasteiger partial charge on any atom is 0.217 e. The van der Waals surface area contributed by atoms with Crippen molar-refractivity contribution in [3.63, 3.8) is 0 Å². The van der Waals surface area contributed by atoms with Crippen LogP contribution < -0.4 is 31.9 Å². The van der Waals surface area contributed by atoms with Gasteiger partial charge in [0.1, 0.15) is 238 Å². The fraction of sp³-hybridized carbons (Fsp3) is 0.917. The van der Waals surface area contributed by atoms with Crippen molar-refractivity contribution in [3.8, 4) is 0 Å². The average Bonchev–Trinajstić information content (AvgIpc) is 0.761. The van der Waals surface area contributed by atoms with Gasteiger partial charge in [0.15, 0.2) is 56.6 Å². The van der Waals surface area contributed by atoms with Gasteiger partial charge in [-0.1, -0.05) is 0 Å². The van der Waals surface area contributed by atoms with E-state index in [0.29, 0.717) is 0 Å². The number of nitrogens with one attached hydrogen (secondary N) is 6. The van der Waals surface area contributed by atoms with E-state index in [1.165, 1.54) is 0 Å². The quantitative estimate of drug-likeness (QED) is 0.0273. The molecule has 0 unspecified atom stereocenters. The monoisotopic (exact) mass is 1890 g/mol. The van der Waals surface area contributed by atoms with Crippen molar-refractivity contribution < 1.29 is 252 Å². The average molecular weight is 1890 g/mol. The van der Waals surface area contributed by atoms with Crippen LogP contribution in [0, 0.1) is 0 Å². The van der Waals surface area contributed by atoms with Crippen LogP contribution in [-0.2, 0) is 114 Å². The summed E-state index contributed by atoms with van der Waals surface area (Å²) in [6.07, 6.45) is -94.0. The molecule has 0 spiro atoms. The highest BCUT2D eigenvalue weighted by atomic mass is 16.8. The third-order valence-electron chi connectivity index (χ3n) is 22.9. The minimum atomic E-state index is -2.73. The zero-order valence-corrected chi connectivity index (χ0v) is 69.9. The summed E-state index contributed by atoms with van der Waals surface area (Å²) >= 11 is 0. The van der Waals surface area contributed by atoms with Gasteiger partial charge >= 0.3 is 0 Å². The molecule has 57 heteroatoms. The Labute approximate surface area is 731 Å². The lowest BCUT2D eigenvalue weighted by atomic mass is 9.94. The van der Waals surface area contributed by atoms with Crippen molar-refractivity contribution >= 4 is 35.4 Å². The minimum absolute atomic E-state index is 0.845. The molecule has 0 aromatic rings. The first-order chi connectivity index (χ1) is 61.0. The highest BCUT2D eigenvalue weighted by Gasteiger charge is 2.62. The summed E-state index contributed by atoms with van der Waals surface area (Å²) in [4.78, 5) is 76.6. The van der Waals surface area contributed by atoms with Gasteiger partial charge < -0.3 is 255 Å². The lowest BCUT2D eigenvalue weighted by molar-refractivity contribution is -0.403. The van der Waals surface area contributed by atoms with Crippen molar-refractivity contribution in [3.05, 3.63) is 0 Å². The van der Waals surface area contributed by atoms with E-state index >= 15 is 0 Å². The molecule has 0 radical (unpaired) electrons. The van der Waals surface area contributed by atoms with Crippen LogP contribution in [0.15, 0.2) is 0 Å². The van der Waals surface area contributed by atoms with E-state index in [-0.39, 0.29) is 0 Å². The number of rotatable bonds is 38. The molecule has 0 aliphatic carbocycles. The van der Waals surface area contributed by atoms with Crippen LogP contribution in [-0.4, -0.2) is 546 Å². The highest BCUT2D eigenvalue weighted by molar-refractivity contribution is 5.75. The molecule has 9 saturated heterocycles. The van der Waals surface area contributed by atoms with Gasteiger partial charge in [-0.2, -0.15) is 0 Å². The molecule has 9 aliphatic heterocycles. The van der Waals surface area contributed by atoms with Crippen molar-refractivity contribution in [1.82, 2.24) is 31.9 Å². The molecule has 9 fully saturated rings. The predicted octanol–water partition coefficient (Wildman–Crippen LogP) is -22.3. The van der Waals surface area contributed by atoms with Gasteiger partial charge in [-0.15, -0.1) is 0 Å². The molecule has 9 heterocycles. The van der Waals surface area contributed by atoms with Crippen LogP contribution in [0.1, 0.15) is 41.5 Å². The summed E-state index contributed by atoms with van der Waals surface area (Å²) in [7, 11) is 0. The Morgan fingerprint density at radius 1 is 0.264 bits per heavy atom. The van der Waals surface area contributed by atoms with E-state index in [9.17, 15) is 167 Å². The van der Waals surface area contributed by atoms with E-state index in [1.807, 2.05) is 0 Å². The number of carbonyl (C=O) groups excluding carboxylic acids is 6. The van der Waals surface area contributed by atoms with E-state index in [2.05, 4.69) is 31.9 Å². The van der Waals surface area contributed by atoms with Crippen LogP contribution in [0.25, 0.3) is 0 Å². The molecule has 0 bridgehead atoms. The SMILES string of the molecule is CC(=O)N[C@H]1[C@H](O[C@@H]([C@H](O)[C@H](CO)NC(C)=O)[C@H](O)CO)O[C@H](CO)[C@@H](O[C@@H]2O[C@H](CO[C@H]3O[C@H](CO[C@@H]4O[C@H](CO)[C@@H](O)[C@H](O)[C@H]4NC(C)=O)[C@@H](O)[C@H](O)[C@@H]3O[C@@H]3O[C@H](CO)[C@@H](O[C@@H]4O[C@H](CO)[C@H](O)[C@H](O)[C@H]4O)[C@H](O)[C@H]3NC(C)=O)[C@@H](O)[C@H](O[C@H]3O[C@H](CO)[C@@H](O[C@@H]4O[C@H](CO)[C@@H](O)[C@H](O)[C@H]4NC(C)=O)[C@H](O)[C@@H]3O[C@@H]3O[C@H](CO)[C@@H](O)[C@H](O)[C@H]3NC(C)=O)[C@@H]2O)[C@@H]1O. The second-order valence-corrected chi connectivity index (χ2v) is 32.2. The molecule has 6 amide bonds. The van der Waals surface area contributed by atoms with Gasteiger partial charge in [0.2, 0.25) is 35.4 Å². The van der Waals surface area contributed by atoms with E-state index in [4.69, 9.17) is 85.3 Å². The number of ether oxygens (including phenoxy) is 18. The Kier molecular flexibility index (Phi) is 40.2. The third-order valence-corrected chi connectivity index (χ3v) is 22.9. The minimum Gasteiger partial charge on any atom is -0.394 e. The maximum atomic E-state index is 13.2. The summed E-state index contributed by atoms with van der Waals surface area (Å²) in [6, 6.07) is -11.3. The Hall–Kier alpha value is -4.98. The molecule has 9 rings (SSSR count). The third kappa shape index (κ3) is 25.3. The van der Waals surface area contributed by atoms with Crippen LogP contribution in [0.3, 0.4) is 0 Å². The van der Waals surface area contributed by atoms with Crippen molar-refractivity contribution in [2.24, 2.45) is 0 Å². The Bertz CT molecular complexity index is 3520. The molecular weight excluding hydrogens is 1760 g/mol. The Morgan fingerprint density at radius 2 is 0.558 bits per heavy atom. The molecule has 0 saturated carbocycles. The number of aliphatic hydroxyl groups excluding tert-OH is 27. The van der Waals surface area contributed by atoms with E-state index in [1.54, 1.807) is 0 Å². The molecule has 49 atom stereocenters. The van der Waals surface area contributed by atoms with Crippen LogP contribution in [0.2, 0.25) is 0 Å². The first-order valence-corrected chi connectivity index (χ1v) is 41.0. The largest absolute Gasteiger partial charge is 0.394 e. The summed E-state index contributed by atoms with van der Waals surface area (Å²) in [5.41, 5.74) is 0. The summed E-state index contributed by atoms with van der Waals surface area (Å²) in [5.74, 6) is -5.60. The number of carbonyl (C=O) groups is 6. The maximum absolute atomic E-state index is 13.2. The van der Waals surface area contributed by atoms with Gasteiger partial charge in [0, 0.05) is 41.5 Å². The van der Waals surface area contributed by atoms with Gasteiger partial charge in [-0.3, -0.25) is 28.8 Å². The van der Waals surface area contributed by atoms with Crippen LogP contribution in [0.4, 0.5) is 0 Å². The molecule has 129 heavy (non-hydrogen) atoms. The van der Waals surface area contributed by atoms with E-state index < -0.39 is 409 Å². The molecule has 0 aromatic carbocycles. The van der Waals surface area contributed by atoms with Crippen molar-refractivity contribution in [1.29, 1.82) is 0 Å². The molecule has 33 N–H and O–H groups in total. The second-order valence-electron chi connectivity index (χ2n) is 32.2. The number of aliphatic hydroxyl groups is 27. The Morgan fingerprint density at radius 3 is 0.969 bits per heavy atom. The zero-order valence-electron chi connectivity index (χ0n) is 69.9. The first kappa shape index (κ1) is 108.